The summed E-state index contributed by atoms with van der Waals surface area (Å²) in [4.78, 5) is 0. The maximum absolute atomic E-state index is 14.0. The van der Waals surface area contributed by atoms with E-state index in [0.717, 1.165) is 5.56 Å². The average Bonchev–Trinajstić information content (AvgIpc) is 2.88. The molecule has 0 aliphatic carbocycles. The van der Waals surface area contributed by atoms with Crippen LogP contribution in [0.15, 0.2) is 60.0 Å². The molecule has 132 valence electrons. The number of thioether (sulfide) groups is 1. The van der Waals surface area contributed by atoms with Crippen molar-refractivity contribution in [2.45, 2.75) is 11.7 Å². The maximum atomic E-state index is 14.0. The van der Waals surface area contributed by atoms with E-state index in [2.05, 4.69) is 0 Å². The van der Waals surface area contributed by atoms with Crippen molar-refractivity contribution in [1.82, 2.24) is 4.31 Å². The summed E-state index contributed by atoms with van der Waals surface area (Å²) in [6.45, 7) is 0.838. The van der Waals surface area contributed by atoms with Crippen molar-refractivity contribution in [3.05, 3.63) is 76.9 Å². The molecule has 0 amide bonds. The molecular formula is C19H20FNO2S2. The van der Waals surface area contributed by atoms with Gasteiger partial charge in [0.05, 0.1) is 0 Å². The molecule has 0 saturated carbocycles. The summed E-state index contributed by atoms with van der Waals surface area (Å²) in [5, 5.41) is 1.25. The number of hydrogen-bond acceptors (Lipinski definition) is 3. The van der Waals surface area contributed by atoms with Crippen LogP contribution in [0, 0.1) is 5.82 Å². The molecule has 1 fully saturated rings. The van der Waals surface area contributed by atoms with E-state index in [1.54, 1.807) is 30.0 Å². The predicted molar refractivity (Wildman–Crippen MR) is 102 cm³/mol. The Balaban J connectivity index is 1.70. The standard InChI is InChI=1S/C19H20FNO2S2/c20-18-9-5-4-8-17(18)19-10-12-21(13-14-24-19)25(22,23)15-11-16-6-2-1-3-7-16/h1-9,11,15,19H,10,12-14H2/b15-11+. The van der Waals surface area contributed by atoms with E-state index in [0.29, 0.717) is 30.8 Å². The number of nitrogens with zero attached hydrogens (tertiary/aromatic N) is 1. The van der Waals surface area contributed by atoms with Crippen LogP contribution >= 0.6 is 11.8 Å². The first-order valence-electron chi connectivity index (χ1n) is 8.15. The molecule has 0 N–H and O–H groups in total. The molecule has 2 aromatic rings. The molecular weight excluding hydrogens is 357 g/mol. The lowest BCUT2D eigenvalue weighted by molar-refractivity contribution is 0.433. The minimum absolute atomic E-state index is 0.0143. The molecule has 0 radical (unpaired) electrons. The third-order valence-corrected chi connectivity index (χ3v) is 7.02. The zero-order valence-corrected chi connectivity index (χ0v) is 15.3. The van der Waals surface area contributed by atoms with Crippen molar-refractivity contribution in [2.24, 2.45) is 0 Å². The van der Waals surface area contributed by atoms with Gasteiger partial charge >= 0.3 is 0 Å². The van der Waals surface area contributed by atoms with Gasteiger partial charge in [-0.25, -0.2) is 12.8 Å². The van der Waals surface area contributed by atoms with Crippen LogP contribution < -0.4 is 0 Å². The lowest BCUT2D eigenvalue weighted by Crippen LogP contribution is -2.31. The van der Waals surface area contributed by atoms with Crippen molar-refractivity contribution in [3.63, 3.8) is 0 Å². The Kier molecular flexibility index (Phi) is 5.93. The number of hydrogen-bond donors (Lipinski definition) is 0. The zero-order valence-electron chi connectivity index (χ0n) is 13.7. The molecule has 1 saturated heterocycles. The summed E-state index contributed by atoms with van der Waals surface area (Å²) >= 11 is 1.62. The highest BCUT2D eigenvalue weighted by Crippen LogP contribution is 2.36. The first-order valence-corrected chi connectivity index (χ1v) is 10.7. The molecule has 6 heteroatoms. The van der Waals surface area contributed by atoms with Gasteiger partial charge in [-0.3, -0.25) is 0 Å². The first-order chi connectivity index (χ1) is 12.1. The van der Waals surface area contributed by atoms with Crippen LogP contribution in [0.25, 0.3) is 6.08 Å². The lowest BCUT2D eigenvalue weighted by Gasteiger charge is -2.18. The summed E-state index contributed by atoms with van der Waals surface area (Å²) in [5.41, 5.74) is 1.51. The van der Waals surface area contributed by atoms with E-state index in [1.807, 2.05) is 36.4 Å². The maximum Gasteiger partial charge on any atom is 0.236 e. The number of sulfonamides is 1. The minimum atomic E-state index is -3.47. The second-order valence-electron chi connectivity index (χ2n) is 5.83. The van der Waals surface area contributed by atoms with Gasteiger partial charge in [0.2, 0.25) is 10.0 Å². The smallest absolute Gasteiger partial charge is 0.208 e. The average molecular weight is 378 g/mol. The summed E-state index contributed by atoms with van der Waals surface area (Å²) < 4.78 is 40.6. The van der Waals surface area contributed by atoms with Gasteiger partial charge in [0.1, 0.15) is 5.82 Å². The molecule has 1 aliphatic rings. The molecule has 25 heavy (non-hydrogen) atoms. The molecule has 1 heterocycles. The van der Waals surface area contributed by atoms with Crippen LogP contribution in [-0.4, -0.2) is 31.6 Å². The third-order valence-electron chi connectivity index (χ3n) is 4.14. The van der Waals surface area contributed by atoms with E-state index in [4.69, 9.17) is 0 Å². The highest BCUT2D eigenvalue weighted by Gasteiger charge is 2.26. The Morgan fingerprint density at radius 3 is 2.52 bits per heavy atom. The quantitative estimate of drug-likeness (QED) is 0.797. The van der Waals surface area contributed by atoms with Gasteiger partial charge in [0, 0.05) is 35.1 Å². The highest BCUT2D eigenvalue weighted by molar-refractivity contribution is 7.99. The largest absolute Gasteiger partial charge is 0.236 e. The molecule has 0 spiro atoms. The Morgan fingerprint density at radius 2 is 1.76 bits per heavy atom. The van der Waals surface area contributed by atoms with Crippen LogP contribution in [0.4, 0.5) is 4.39 Å². The SMILES string of the molecule is O=S(=O)(/C=C/c1ccccc1)N1CCSC(c2ccccc2F)CC1. The molecule has 2 aromatic carbocycles. The molecule has 3 nitrogen and oxygen atoms in total. The Labute approximate surface area is 152 Å². The lowest BCUT2D eigenvalue weighted by atomic mass is 10.1. The fourth-order valence-corrected chi connectivity index (χ4v) is 5.38. The molecule has 1 atom stereocenters. The van der Waals surface area contributed by atoms with Crippen LogP contribution in [0.1, 0.15) is 22.8 Å². The van der Waals surface area contributed by atoms with Gasteiger partial charge in [-0.05, 0) is 24.1 Å². The Hall–Kier alpha value is -1.63. The van der Waals surface area contributed by atoms with Crippen molar-refractivity contribution in [3.8, 4) is 0 Å². The monoisotopic (exact) mass is 377 g/mol. The second-order valence-corrected chi connectivity index (χ2v) is 8.96. The molecule has 1 unspecified atom stereocenters. The predicted octanol–water partition coefficient (Wildman–Crippen LogP) is 4.31. The molecule has 0 aromatic heterocycles. The number of halogens is 1. The fraction of sp³-hybridized carbons (Fsp3) is 0.263. The highest BCUT2D eigenvalue weighted by atomic mass is 32.2. The minimum Gasteiger partial charge on any atom is -0.208 e. The van der Waals surface area contributed by atoms with Gasteiger partial charge in [-0.2, -0.15) is 16.1 Å². The van der Waals surface area contributed by atoms with Gasteiger partial charge < -0.3 is 0 Å². The third kappa shape index (κ3) is 4.71. The van der Waals surface area contributed by atoms with Crippen molar-refractivity contribution >= 4 is 27.9 Å². The van der Waals surface area contributed by atoms with Crippen molar-refractivity contribution in [1.29, 1.82) is 0 Å². The normalized spacial score (nSPS) is 19.8. The zero-order chi connectivity index (χ0) is 17.7. The first kappa shape index (κ1) is 18.2. The number of rotatable bonds is 4. The van der Waals surface area contributed by atoms with Gasteiger partial charge in [0.25, 0.3) is 0 Å². The van der Waals surface area contributed by atoms with Crippen LogP contribution in [0.5, 0.6) is 0 Å². The van der Waals surface area contributed by atoms with Gasteiger partial charge in [0.15, 0.2) is 0 Å². The molecule has 3 rings (SSSR count). The van der Waals surface area contributed by atoms with E-state index >= 15 is 0 Å². The van der Waals surface area contributed by atoms with E-state index < -0.39 is 10.0 Å². The second kappa shape index (κ2) is 8.17. The molecule has 0 bridgehead atoms. The fourth-order valence-electron chi connectivity index (χ4n) is 2.80. The van der Waals surface area contributed by atoms with E-state index in [-0.39, 0.29) is 11.1 Å². The van der Waals surface area contributed by atoms with Crippen molar-refractivity contribution in [2.75, 3.05) is 18.8 Å². The van der Waals surface area contributed by atoms with Crippen LogP contribution in [0.2, 0.25) is 0 Å². The van der Waals surface area contributed by atoms with Gasteiger partial charge in [-0.1, -0.05) is 48.5 Å². The van der Waals surface area contributed by atoms with E-state index in [9.17, 15) is 12.8 Å². The summed E-state index contributed by atoms with van der Waals surface area (Å²) in [6, 6.07) is 16.1. The molecule has 1 aliphatic heterocycles. The summed E-state index contributed by atoms with van der Waals surface area (Å²) in [5.74, 6) is 0.428. The summed E-state index contributed by atoms with van der Waals surface area (Å²) in [7, 11) is -3.47. The Bertz CT molecular complexity index is 838. The topological polar surface area (TPSA) is 37.4 Å². The van der Waals surface area contributed by atoms with Crippen LogP contribution in [0.3, 0.4) is 0 Å². The van der Waals surface area contributed by atoms with E-state index in [1.165, 1.54) is 15.8 Å². The van der Waals surface area contributed by atoms with Crippen LogP contribution in [-0.2, 0) is 10.0 Å². The Morgan fingerprint density at radius 1 is 1.04 bits per heavy atom. The summed E-state index contributed by atoms with van der Waals surface area (Å²) in [6.07, 6.45) is 2.21. The number of benzene rings is 2. The van der Waals surface area contributed by atoms with Crippen molar-refractivity contribution < 1.29 is 12.8 Å². The van der Waals surface area contributed by atoms with Gasteiger partial charge in [-0.15, -0.1) is 0 Å².